The summed E-state index contributed by atoms with van der Waals surface area (Å²) in [7, 11) is 0. The summed E-state index contributed by atoms with van der Waals surface area (Å²) < 4.78 is 0. The topological polar surface area (TPSA) is 72.1 Å². The van der Waals surface area contributed by atoms with Crippen LogP contribution in [0, 0.1) is 6.92 Å². The number of aromatic nitrogens is 2. The van der Waals surface area contributed by atoms with Gasteiger partial charge in [0.05, 0.1) is 22.5 Å². The summed E-state index contributed by atoms with van der Waals surface area (Å²) in [6.07, 6.45) is 3.47. The maximum absolute atomic E-state index is 12.8. The second kappa shape index (κ2) is 6.75. The first-order valence-corrected chi connectivity index (χ1v) is 8.99. The number of carbonyl (C=O) groups excluding carboxylic acids is 1. The van der Waals surface area contributed by atoms with Gasteiger partial charge >= 0.3 is 0 Å². The number of para-hydroxylation sites is 1. The minimum absolute atomic E-state index is 0.0634. The molecule has 2 N–H and O–H groups in total. The molecule has 3 aromatic rings. The fraction of sp³-hybridized carbons (Fsp3) is 0.286. The van der Waals surface area contributed by atoms with Crippen molar-refractivity contribution in [1.82, 2.24) is 14.9 Å². The van der Waals surface area contributed by atoms with Crippen molar-refractivity contribution >= 4 is 22.5 Å². The lowest BCUT2D eigenvalue weighted by Gasteiger charge is -2.32. The number of nitrogen functional groups attached to an aromatic ring is 1. The lowest BCUT2D eigenvalue weighted by Crippen LogP contribution is -2.38. The van der Waals surface area contributed by atoms with Crippen LogP contribution in [0.25, 0.3) is 10.9 Å². The van der Waals surface area contributed by atoms with E-state index in [1.54, 1.807) is 6.20 Å². The van der Waals surface area contributed by atoms with E-state index in [4.69, 9.17) is 10.7 Å². The maximum atomic E-state index is 12.8. The van der Waals surface area contributed by atoms with E-state index in [1.165, 1.54) is 0 Å². The third-order valence-corrected chi connectivity index (χ3v) is 5.19. The number of likely N-dealkylation sites (tertiary alicyclic amines) is 1. The van der Waals surface area contributed by atoms with Crippen molar-refractivity contribution in [3.8, 4) is 0 Å². The lowest BCUT2D eigenvalue weighted by atomic mass is 9.91. The number of rotatable bonds is 2. The smallest absolute Gasteiger partial charge is 0.255 e. The first-order valence-electron chi connectivity index (χ1n) is 8.99. The van der Waals surface area contributed by atoms with Crippen LogP contribution in [0.5, 0.6) is 0 Å². The number of carbonyl (C=O) groups is 1. The van der Waals surface area contributed by atoms with Gasteiger partial charge in [-0.2, -0.15) is 0 Å². The van der Waals surface area contributed by atoms with Gasteiger partial charge in [0.2, 0.25) is 0 Å². The van der Waals surface area contributed by atoms with E-state index in [9.17, 15) is 4.79 Å². The molecule has 0 radical (unpaired) electrons. The maximum Gasteiger partial charge on any atom is 0.255 e. The summed E-state index contributed by atoms with van der Waals surface area (Å²) in [6, 6.07) is 13.7. The number of amides is 1. The van der Waals surface area contributed by atoms with Gasteiger partial charge in [-0.15, -0.1) is 0 Å². The molecule has 1 saturated heterocycles. The second-order valence-corrected chi connectivity index (χ2v) is 6.86. The number of nitrogens with two attached hydrogens (primary N) is 1. The number of piperidine rings is 1. The highest BCUT2D eigenvalue weighted by atomic mass is 16.2. The molecule has 1 aromatic carbocycles. The Bertz CT molecular complexity index is 961. The molecule has 0 bridgehead atoms. The number of nitrogens with zero attached hydrogens (tertiary/aromatic N) is 3. The molecule has 0 unspecified atom stereocenters. The zero-order chi connectivity index (χ0) is 18.1. The summed E-state index contributed by atoms with van der Waals surface area (Å²) in [4.78, 5) is 23.7. The quantitative estimate of drug-likeness (QED) is 0.770. The SMILES string of the molecule is Cc1ncccc1C(=O)N1CCC(c2nc3ccccc3cc2N)CC1. The van der Waals surface area contributed by atoms with Crippen LogP contribution in [-0.4, -0.2) is 33.9 Å². The predicted octanol–water partition coefficient (Wildman–Crippen LogP) is 3.54. The highest BCUT2D eigenvalue weighted by molar-refractivity contribution is 5.95. The molecule has 26 heavy (non-hydrogen) atoms. The Balaban J connectivity index is 1.51. The third-order valence-electron chi connectivity index (χ3n) is 5.19. The number of pyridine rings is 2. The Morgan fingerprint density at radius 1 is 1.15 bits per heavy atom. The van der Waals surface area contributed by atoms with Crippen LogP contribution in [0.15, 0.2) is 48.7 Å². The van der Waals surface area contributed by atoms with Crippen molar-refractivity contribution in [1.29, 1.82) is 0 Å². The van der Waals surface area contributed by atoms with Crippen molar-refractivity contribution in [2.45, 2.75) is 25.7 Å². The standard InChI is InChI=1S/C21H22N4O/c1-14-17(6-4-10-23-14)21(26)25-11-8-15(9-12-25)20-18(22)13-16-5-2-3-7-19(16)24-20/h2-7,10,13,15H,8-9,11-12,22H2,1H3. The number of hydrogen-bond acceptors (Lipinski definition) is 4. The molecule has 3 heterocycles. The molecule has 1 amide bonds. The molecule has 1 fully saturated rings. The second-order valence-electron chi connectivity index (χ2n) is 6.86. The van der Waals surface area contributed by atoms with Crippen molar-refractivity contribution < 1.29 is 4.79 Å². The average Bonchev–Trinajstić information content (AvgIpc) is 2.67. The molecular formula is C21H22N4O. The van der Waals surface area contributed by atoms with E-state index in [0.717, 1.165) is 40.8 Å². The van der Waals surface area contributed by atoms with Gasteiger partial charge in [-0.25, -0.2) is 0 Å². The molecule has 0 aliphatic carbocycles. The summed E-state index contributed by atoms with van der Waals surface area (Å²) in [6.45, 7) is 3.30. The predicted molar refractivity (Wildman–Crippen MR) is 103 cm³/mol. The molecule has 0 saturated carbocycles. The van der Waals surface area contributed by atoms with Crippen LogP contribution in [-0.2, 0) is 0 Å². The average molecular weight is 346 g/mol. The van der Waals surface area contributed by atoms with Gasteiger partial charge in [-0.05, 0) is 44.0 Å². The number of fused-ring (bicyclic) bond motifs is 1. The minimum Gasteiger partial charge on any atom is -0.397 e. The number of benzene rings is 1. The molecule has 1 aliphatic rings. The van der Waals surface area contributed by atoms with Crippen molar-refractivity contribution in [2.75, 3.05) is 18.8 Å². The van der Waals surface area contributed by atoms with Crippen molar-refractivity contribution in [2.24, 2.45) is 0 Å². The van der Waals surface area contributed by atoms with Gasteiger partial charge in [-0.1, -0.05) is 18.2 Å². The number of anilines is 1. The van der Waals surface area contributed by atoms with Crippen LogP contribution in [0.2, 0.25) is 0 Å². The minimum atomic E-state index is 0.0634. The van der Waals surface area contributed by atoms with Crippen LogP contribution >= 0.6 is 0 Å². The lowest BCUT2D eigenvalue weighted by molar-refractivity contribution is 0.0711. The van der Waals surface area contributed by atoms with Crippen molar-refractivity contribution in [3.63, 3.8) is 0 Å². The first-order chi connectivity index (χ1) is 12.6. The van der Waals surface area contributed by atoms with Crippen LogP contribution < -0.4 is 5.73 Å². The Labute approximate surface area is 152 Å². The molecule has 5 nitrogen and oxygen atoms in total. The van der Waals surface area contributed by atoms with Gasteiger partial charge in [0.25, 0.3) is 5.91 Å². The van der Waals surface area contributed by atoms with Crippen LogP contribution in [0.4, 0.5) is 5.69 Å². The zero-order valence-corrected chi connectivity index (χ0v) is 14.9. The molecule has 1 aliphatic heterocycles. The monoisotopic (exact) mass is 346 g/mol. The van der Waals surface area contributed by atoms with Gasteiger partial charge in [0, 0.05) is 36.3 Å². The fourth-order valence-corrected chi connectivity index (χ4v) is 3.71. The Hall–Kier alpha value is -2.95. The van der Waals surface area contributed by atoms with E-state index in [0.29, 0.717) is 24.6 Å². The molecule has 132 valence electrons. The van der Waals surface area contributed by atoms with Crippen LogP contribution in [0.3, 0.4) is 0 Å². The zero-order valence-electron chi connectivity index (χ0n) is 14.9. The molecule has 5 heteroatoms. The van der Waals surface area contributed by atoms with Crippen LogP contribution in [0.1, 0.15) is 40.5 Å². The molecule has 4 rings (SSSR count). The molecular weight excluding hydrogens is 324 g/mol. The summed E-state index contributed by atoms with van der Waals surface area (Å²) >= 11 is 0. The highest BCUT2D eigenvalue weighted by Gasteiger charge is 2.27. The summed E-state index contributed by atoms with van der Waals surface area (Å²) in [5.41, 5.74) is 10.4. The summed E-state index contributed by atoms with van der Waals surface area (Å²) in [5.74, 6) is 0.354. The highest BCUT2D eigenvalue weighted by Crippen LogP contribution is 2.32. The molecule has 0 atom stereocenters. The Kier molecular flexibility index (Phi) is 4.29. The van der Waals surface area contributed by atoms with Gasteiger partial charge in [0.15, 0.2) is 0 Å². The van der Waals surface area contributed by atoms with E-state index in [-0.39, 0.29) is 5.91 Å². The van der Waals surface area contributed by atoms with E-state index >= 15 is 0 Å². The van der Waals surface area contributed by atoms with E-state index in [2.05, 4.69) is 4.98 Å². The largest absolute Gasteiger partial charge is 0.397 e. The normalized spacial score (nSPS) is 15.3. The van der Waals surface area contributed by atoms with Gasteiger partial charge in [0.1, 0.15) is 0 Å². The van der Waals surface area contributed by atoms with E-state index < -0.39 is 0 Å². The Morgan fingerprint density at radius 3 is 2.69 bits per heavy atom. The third kappa shape index (κ3) is 3.01. The first kappa shape index (κ1) is 16.5. The van der Waals surface area contributed by atoms with Gasteiger partial charge in [-0.3, -0.25) is 14.8 Å². The summed E-state index contributed by atoms with van der Waals surface area (Å²) in [5, 5.41) is 1.06. The molecule has 2 aromatic heterocycles. The Morgan fingerprint density at radius 2 is 1.92 bits per heavy atom. The van der Waals surface area contributed by atoms with Gasteiger partial charge < -0.3 is 10.6 Å². The fourth-order valence-electron chi connectivity index (χ4n) is 3.71. The molecule has 0 spiro atoms. The van der Waals surface area contributed by atoms with E-state index in [1.807, 2.05) is 54.3 Å². The number of aryl methyl sites for hydroxylation is 1. The number of hydrogen-bond donors (Lipinski definition) is 1. The van der Waals surface area contributed by atoms with Crippen molar-refractivity contribution in [3.05, 3.63) is 65.6 Å².